The number of nitrogens with zero attached hydrogens (tertiary/aromatic N) is 2. The summed E-state index contributed by atoms with van der Waals surface area (Å²) >= 11 is 0. The van der Waals surface area contributed by atoms with Gasteiger partial charge in [-0.05, 0) is 50.4 Å². The Kier molecular flexibility index (Phi) is 6.79. The summed E-state index contributed by atoms with van der Waals surface area (Å²) in [6.45, 7) is 2.51. The van der Waals surface area contributed by atoms with Gasteiger partial charge < -0.3 is 5.32 Å². The monoisotopic (exact) mass is 370 g/mol. The largest absolute Gasteiger partial charge is 0.316 e. The number of benzene rings is 1. The summed E-state index contributed by atoms with van der Waals surface area (Å²) in [5.41, 5.74) is 0.835. The van der Waals surface area contributed by atoms with E-state index in [1.54, 1.807) is 10.9 Å². The van der Waals surface area contributed by atoms with Crippen molar-refractivity contribution in [3.8, 4) is 5.69 Å². The van der Waals surface area contributed by atoms with Crippen molar-refractivity contribution in [2.24, 2.45) is 5.92 Å². The molecule has 0 bridgehead atoms. The molecule has 0 aliphatic carbocycles. The van der Waals surface area contributed by atoms with Crippen molar-refractivity contribution in [2.75, 3.05) is 19.6 Å². The lowest BCUT2D eigenvalue weighted by atomic mass is 9.96. The Labute approximate surface area is 149 Å². The third-order valence-corrected chi connectivity index (χ3v) is 5.55. The van der Waals surface area contributed by atoms with E-state index in [-0.39, 0.29) is 17.3 Å². The van der Waals surface area contributed by atoms with Crippen LogP contribution >= 0.6 is 12.4 Å². The van der Waals surface area contributed by atoms with E-state index in [9.17, 15) is 8.42 Å². The number of rotatable bonds is 6. The predicted octanol–water partition coefficient (Wildman–Crippen LogP) is 1.96. The van der Waals surface area contributed by atoms with Crippen molar-refractivity contribution in [2.45, 2.75) is 24.2 Å². The van der Waals surface area contributed by atoms with Crippen LogP contribution in [-0.4, -0.2) is 37.8 Å². The highest BCUT2D eigenvalue weighted by molar-refractivity contribution is 7.89. The smallest absolute Gasteiger partial charge is 0.243 e. The molecular weight excluding hydrogens is 348 g/mol. The second kappa shape index (κ2) is 8.62. The van der Waals surface area contributed by atoms with E-state index in [1.807, 2.05) is 30.3 Å². The molecule has 0 amide bonds. The lowest BCUT2D eigenvalue weighted by Crippen LogP contribution is -2.33. The Morgan fingerprint density at radius 2 is 2.08 bits per heavy atom. The Hall–Kier alpha value is -1.41. The first kappa shape index (κ1) is 18.9. The van der Waals surface area contributed by atoms with E-state index in [0.717, 1.165) is 25.2 Å². The summed E-state index contributed by atoms with van der Waals surface area (Å²) in [7, 11) is -3.50. The maximum absolute atomic E-state index is 12.3. The zero-order valence-corrected chi connectivity index (χ0v) is 15.0. The van der Waals surface area contributed by atoms with Crippen LogP contribution in [0.3, 0.4) is 0 Å². The third kappa shape index (κ3) is 4.80. The molecule has 0 radical (unpaired) electrons. The molecule has 1 aliphatic rings. The lowest BCUT2D eigenvalue weighted by Gasteiger charge is -2.22. The van der Waals surface area contributed by atoms with Gasteiger partial charge in [-0.1, -0.05) is 18.2 Å². The van der Waals surface area contributed by atoms with Crippen LogP contribution in [0.2, 0.25) is 0 Å². The maximum Gasteiger partial charge on any atom is 0.243 e. The molecule has 1 unspecified atom stereocenters. The normalized spacial score (nSPS) is 18.1. The average Bonchev–Trinajstić information content (AvgIpc) is 3.07. The first-order valence-corrected chi connectivity index (χ1v) is 9.44. The molecule has 1 fully saturated rings. The zero-order chi connectivity index (χ0) is 16.1. The fraction of sp³-hybridized carbons (Fsp3) is 0.438. The van der Waals surface area contributed by atoms with Gasteiger partial charge in [0.05, 0.1) is 18.1 Å². The van der Waals surface area contributed by atoms with E-state index in [1.165, 1.54) is 19.0 Å². The molecule has 3 rings (SSSR count). The van der Waals surface area contributed by atoms with Crippen molar-refractivity contribution in [3.63, 3.8) is 0 Å². The van der Waals surface area contributed by atoms with Crippen LogP contribution in [0.1, 0.15) is 19.3 Å². The molecule has 8 heteroatoms. The summed E-state index contributed by atoms with van der Waals surface area (Å²) in [6.07, 6.45) is 6.12. The molecule has 24 heavy (non-hydrogen) atoms. The van der Waals surface area contributed by atoms with E-state index in [2.05, 4.69) is 15.1 Å². The highest BCUT2D eigenvalue weighted by Gasteiger charge is 2.18. The zero-order valence-electron chi connectivity index (χ0n) is 13.4. The molecule has 0 spiro atoms. The number of hydrogen-bond donors (Lipinski definition) is 2. The minimum absolute atomic E-state index is 0. The summed E-state index contributed by atoms with van der Waals surface area (Å²) in [5, 5.41) is 7.48. The van der Waals surface area contributed by atoms with Crippen LogP contribution in [-0.2, 0) is 10.0 Å². The molecule has 2 heterocycles. The predicted molar refractivity (Wildman–Crippen MR) is 96.2 cm³/mol. The Balaban J connectivity index is 0.00000208. The van der Waals surface area contributed by atoms with Crippen LogP contribution in [0.15, 0.2) is 47.6 Å². The van der Waals surface area contributed by atoms with Gasteiger partial charge in [-0.2, -0.15) is 5.10 Å². The minimum Gasteiger partial charge on any atom is -0.316 e. The van der Waals surface area contributed by atoms with Crippen LogP contribution in [0.5, 0.6) is 0 Å². The Bertz CT molecular complexity index is 728. The molecule has 1 saturated heterocycles. The van der Waals surface area contributed by atoms with Crippen LogP contribution in [0.4, 0.5) is 0 Å². The number of sulfonamides is 1. The second-order valence-corrected chi connectivity index (χ2v) is 7.62. The van der Waals surface area contributed by atoms with Crippen LogP contribution in [0.25, 0.3) is 5.69 Å². The molecule has 132 valence electrons. The maximum atomic E-state index is 12.3. The van der Waals surface area contributed by atoms with Crippen LogP contribution < -0.4 is 10.0 Å². The molecule has 1 aromatic heterocycles. The van der Waals surface area contributed by atoms with Gasteiger partial charge in [-0.25, -0.2) is 17.8 Å². The molecule has 6 nitrogen and oxygen atoms in total. The van der Waals surface area contributed by atoms with Gasteiger partial charge in [0.15, 0.2) is 0 Å². The summed E-state index contributed by atoms with van der Waals surface area (Å²) in [4.78, 5) is 0.197. The first-order chi connectivity index (χ1) is 11.1. The SMILES string of the molecule is Cl.O=S(=O)(NCCC1CCCNC1)c1cnn(-c2ccccc2)c1. The van der Waals surface area contributed by atoms with E-state index >= 15 is 0 Å². The van der Waals surface area contributed by atoms with Crippen molar-refractivity contribution >= 4 is 22.4 Å². The highest BCUT2D eigenvalue weighted by atomic mass is 35.5. The summed E-state index contributed by atoms with van der Waals surface area (Å²) < 4.78 is 28.9. The van der Waals surface area contributed by atoms with E-state index in [0.29, 0.717) is 12.5 Å². The van der Waals surface area contributed by atoms with E-state index < -0.39 is 10.0 Å². The quantitative estimate of drug-likeness (QED) is 0.815. The number of nitrogens with one attached hydrogen (secondary N) is 2. The number of piperidine rings is 1. The van der Waals surface area contributed by atoms with Crippen LogP contribution in [0, 0.1) is 5.92 Å². The first-order valence-electron chi connectivity index (χ1n) is 7.96. The van der Waals surface area contributed by atoms with Crippen molar-refractivity contribution in [1.29, 1.82) is 0 Å². The van der Waals surface area contributed by atoms with Crippen molar-refractivity contribution in [3.05, 3.63) is 42.7 Å². The van der Waals surface area contributed by atoms with Gasteiger partial charge in [-0.15, -0.1) is 12.4 Å². The standard InChI is InChI=1S/C16H22N4O2S.ClH/c21-23(22,19-10-8-14-5-4-9-17-11-14)16-12-18-20(13-16)15-6-2-1-3-7-15;/h1-3,6-7,12-14,17,19H,4-5,8-11H2;1H. The fourth-order valence-electron chi connectivity index (χ4n) is 2.82. The average molecular weight is 371 g/mol. The van der Waals surface area contributed by atoms with Gasteiger partial charge in [0.1, 0.15) is 4.90 Å². The third-order valence-electron chi connectivity index (χ3n) is 4.13. The number of para-hydroxylation sites is 1. The molecule has 2 N–H and O–H groups in total. The molecular formula is C16H23ClN4O2S. The number of halogens is 1. The van der Waals surface area contributed by atoms with E-state index in [4.69, 9.17) is 0 Å². The Morgan fingerprint density at radius 1 is 1.29 bits per heavy atom. The molecule has 2 aromatic rings. The van der Waals surface area contributed by atoms with Gasteiger partial charge in [0, 0.05) is 6.54 Å². The molecule has 1 aromatic carbocycles. The Morgan fingerprint density at radius 3 is 2.79 bits per heavy atom. The van der Waals surface area contributed by atoms with Gasteiger partial charge in [0.2, 0.25) is 10.0 Å². The number of aromatic nitrogens is 2. The van der Waals surface area contributed by atoms with Gasteiger partial charge >= 0.3 is 0 Å². The van der Waals surface area contributed by atoms with Gasteiger partial charge in [-0.3, -0.25) is 0 Å². The fourth-order valence-corrected chi connectivity index (χ4v) is 3.80. The van der Waals surface area contributed by atoms with Gasteiger partial charge in [0.25, 0.3) is 0 Å². The van der Waals surface area contributed by atoms with Crippen molar-refractivity contribution < 1.29 is 8.42 Å². The minimum atomic E-state index is -3.50. The lowest BCUT2D eigenvalue weighted by molar-refractivity contribution is 0.358. The molecule has 0 saturated carbocycles. The van der Waals surface area contributed by atoms with Crippen molar-refractivity contribution in [1.82, 2.24) is 19.8 Å². The second-order valence-electron chi connectivity index (χ2n) is 5.85. The molecule has 1 atom stereocenters. The summed E-state index contributed by atoms with van der Waals surface area (Å²) in [6, 6.07) is 9.45. The number of hydrogen-bond acceptors (Lipinski definition) is 4. The topological polar surface area (TPSA) is 76.0 Å². The summed E-state index contributed by atoms with van der Waals surface area (Å²) in [5.74, 6) is 0.554. The highest BCUT2D eigenvalue weighted by Crippen LogP contribution is 2.15. The molecule has 1 aliphatic heterocycles.